The number of aromatic hydroxyl groups is 1. The number of rotatable bonds is 2. The van der Waals surface area contributed by atoms with Gasteiger partial charge >= 0.3 is 5.97 Å². The first-order chi connectivity index (χ1) is 6.60. The average Bonchev–Trinajstić information content (AvgIpc) is 2.20. The molecule has 1 aromatic carbocycles. The Labute approximate surface area is 89.6 Å². The van der Waals surface area contributed by atoms with Crippen molar-refractivity contribution in [1.29, 1.82) is 0 Å². The third kappa shape index (κ3) is 1.98. The molecular weight excluding hydrogens is 252 g/mol. The second-order valence-electron chi connectivity index (χ2n) is 2.50. The van der Waals surface area contributed by atoms with Gasteiger partial charge in [0.2, 0.25) is 0 Å². The van der Waals surface area contributed by atoms with E-state index in [2.05, 4.69) is 20.7 Å². The standard InChI is InChI=1S/C9H9BrO4/c1-13-7-4-5(9(12)14-2)3-6(11)8(7)10/h3-4,11H,1-2H3. The topological polar surface area (TPSA) is 55.8 Å². The molecule has 14 heavy (non-hydrogen) atoms. The molecular formula is C9H9BrO4. The van der Waals surface area contributed by atoms with Crippen molar-refractivity contribution in [2.75, 3.05) is 14.2 Å². The van der Waals surface area contributed by atoms with Gasteiger partial charge in [-0.25, -0.2) is 4.79 Å². The van der Waals surface area contributed by atoms with E-state index in [1.54, 1.807) is 0 Å². The van der Waals surface area contributed by atoms with Crippen LogP contribution in [0.1, 0.15) is 10.4 Å². The number of carbonyl (C=O) groups excluding carboxylic acids is 1. The average molecular weight is 261 g/mol. The maximum atomic E-state index is 11.1. The lowest BCUT2D eigenvalue weighted by molar-refractivity contribution is 0.0600. The number of carbonyl (C=O) groups is 1. The van der Waals surface area contributed by atoms with Crippen LogP contribution in [0.4, 0.5) is 0 Å². The highest BCUT2D eigenvalue weighted by Gasteiger charge is 2.13. The van der Waals surface area contributed by atoms with Gasteiger partial charge in [-0.2, -0.15) is 0 Å². The summed E-state index contributed by atoms with van der Waals surface area (Å²) in [4.78, 5) is 11.1. The highest BCUT2D eigenvalue weighted by atomic mass is 79.9. The molecule has 0 radical (unpaired) electrons. The van der Waals surface area contributed by atoms with Crippen LogP contribution < -0.4 is 4.74 Å². The Morgan fingerprint density at radius 3 is 2.57 bits per heavy atom. The minimum Gasteiger partial charge on any atom is -0.507 e. The Balaban J connectivity index is 3.22. The SMILES string of the molecule is COC(=O)c1cc(O)c(Br)c(OC)c1. The van der Waals surface area contributed by atoms with E-state index in [1.807, 2.05) is 0 Å². The molecule has 0 fully saturated rings. The molecule has 4 nitrogen and oxygen atoms in total. The second kappa shape index (κ2) is 4.32. The zero-order valence-corrected chi connectivity index (χ0v) is 9.29. The van der Waals surface area contributed by atoms with Crippen molar-refractivity contribution in [3.63, 3.8) is 0 Å². The monoisotopic (exact) mass is 260 g/mol. The number of halogens is 1. The first-order valence-electron chi connectivity index (χ1n) is 3.75. The number of hydrogen-bond donors (Lipinski definition) is 1. The molecule has 1 aromatic rings. The Kier molecular flexibility index (Phi) is 3.35. The number of methoxy groups -OCH3 is 2. The van der Waals surface area contributed by atoms with Crippen molar-refractivity contribution in [2.45, 2.75) is 0 Å². The molecule has 0 heterocycles. The molecule has 0 bridgehead atoms. The van der Waals surface area contributed by atoms with Crippen molar-refractivity contribution in [2.24, 2.45) is 0 Å². The number of esters is 1. The summed E-state index contributed by atoms with van der Waals surface area (Å²) in [6, 6.07) is 2.79. The van der Waals surface area contributed by atoms with Gasteiger partial charge in [0, 0.05) is 0 Å². The van der Waals surface area contributed by atoms with Crippen molar-refractivity contribution < 1.29 is 19.4 Å². The van der Waals surface area contributed by atoms with Crippen LogP contribution in [0.5, 0.6) is 11.5 Å². The molecule has 1 N–H and O–H groups in total. The summed E-state index contributed by atoms with van der Waals surface area (Å²) in [6.45, 7) is 0. The predicted octanol–water partition coefficient (Wildman–Crippen LogP) is 1.95. The fourth-order valence-corrected chi connectivity index (χ4v) is 1.36. The van der Waals surface area contributed by atoms with Gasteiger partial charge in [0.1, 0.15) is 16.0 Å². The maximum Gasteiger partial charge on any atom is 0.338 e. The quantitative estimate of drug-likeness (QED) is 0.826. The Bertz CT molecular complexity index is 362. The van der Waals surface area contributed by atoms with Crippen LogP contribution in [-0.4, -0.2) is 25.3 Å². The molecule has 1 rings (SSSR count). The van der Waals surface area contributed by atoms with Gasteiger partial charge in [-0.3, -0.25) is 0 Å². The van der Waals surface area contributed by atoms with Crippen LogP contribution in [0, 0.1) is 0 Å². The minimum atomic E-state index is -0.522. The number of ether oxygens (including phenoxy) is 2. The molecule has 0 atom stereocenters. The molecule has 5 heteroatoms. The second-order valence-corrected chi connectivity index (χ2v) is 3.30. The Hall–Kier alpha value is -1.23. The molecule has 0 aliphatic rings. The number of hydrogen-bond acceptors (Lipinski definition) is 4. The first-order valence-corrected chi connectivity index (χ1v) is 4.54. The molecule has 0 saturated carbocycles. The zero-order valence-electron chi connectivity index (χ0n) is 7.70. The van der Waals surface area contributed by atoms with Crippen LogP contribution in [0.2, 0.25) is 0 Å². The van der Waals surface area contributed by atoms with E-state index < -0.39 is 5.97 Å². The fourth-order valence-electron chi connectivity index (χ4n) is 0.967. The van der Waals surface area contributed by atoms with E-state index >= 15 is 0 Å². The van der Waals surface area contributed by atoms with Gasteiger partial charge in [-0.05, 0) is 28.1 Å². The molecule has 0 aliphatic heterocycles. The van der Waals surface area contributed by atoms with Gasteiger partial charge in [-0.1, -0.05) is 0 Å². The van der Waals surface area contributed by atoms with Crippen molar-refractivity contribution >= 4 is 21.9 Å². The lowest BCUT2D eigenvalue weighted by Gasteiger charge is -2.07. The van der Waals surface area contributed by atoms with E-state index in [4.69, 9.17) is 4.74 Å². The van der Waals surface area contributed by atoms with E-state index in [9.17, 15) is 9.90 Å². The summed E-state index contributed by atoms with van der Waals surface area (Å²) in [5.74, 6) is -0.207. The molecule has 0 aromatic heterocycles. The molecule has 0 aliphatic carbocycles. The van der Waals surface area contributed by atoms with Crippen molar-refractivity contribution in [3.05, 3.63) is 22.2 Å². The molecule has 0 saturated heterocycles. The highest BCUT2D eigenvalue weighted by Crippen LogP contribution is 2.34. The molecule has 76 valence electrons. The van der Waals surface area contributed by atoms with Gasteiger partial charge in [0.25, 0.3) is 0 Å². The summed E-state index contributed by atoms with van der Waals surface area (Å²) >= 11 is 3.12. The lowest BCUT2D eigenvalue weighted by atomic mass is 10.2. The fraction of sp³-hybridized carbons (Fsp3) is 0.222. The maximum absolute atomic E-state index is 11.1. The van der Waals surface area contributed by atoms with Crippen LogP contribution in [0.25, 0.3) is 0 Å². The minimum absolute atomic E-state index is 0.0650. The van der Waals surface area contributed by atoms with Gasteiger partial charge in [-0.15, -0.1) is 0 Å². The van der Waals surface area contributed by atoms with Crippen LogP contribution in [0.3, 0.4) is 0 Å². The predicted molar refractivity (Wildman–Crippen MR) is 53.7 cm³/mol. The van der Waals surface area contributed by atoms with Crippen LogP contribution >= 0.6 is 15.9 Å². The molecule has 0 unspecified atom stereocenters. The van der Waals surface area contributed by atoms with E-state index in [-0.39, 0.29) is 11.3 Å². The van der Waals surface area contributed by atoms with Gasteiger partial charge in [0.15, 0.2) is 0 Å². The summed E-state index contributed by atoms with van der Waals surface area (Å²) in [7, 11) is 2.72. The summed E-state index contributed by atoms with van der Waals surface area (Å²) in [6.07, 6.45) is 0. The third-order valence-electron chi connectivity index (χ3n) is 1.66. The van der Waals surface area contributed by atoms with Gasteiger partial charge < -0.3 is 14.6 Å². The largest absolute Gasteiger partial charge is 0.507 e. The Morgan fingerprint density at radius 2 is 2.07 bits per heavy atom. The smallest absolute Gasteiger partial charge is 0.338 e. The lowest BCUT2D eigenvalue weighted by Crippen LogP contribution is -2.01. The summed E-state index contributed by atoms with van der Waals surface area (Å²) in [5, 5.41) is 9.42. The van der Waals surface area contributed by atoms with Crippen molar-refractivity contribution in [1.82, 2.24) is 0 Å². The van der Waals surface area contributed by atoms with Crippen LogP contribution in [0.15, 0.2) is 16.6 Å². The van der Waals surface area contributed by atoms with Gasteiger partial charge in [0.05, 0.1) is 19.8 Å². The normalized spacial score (nSPS) is 9.64. The highest BCUT2D eigenvalue weighted by molar-refractivity contribution is 9.10. The van der Waals surface area contributed by atoms with E-state index in [0.717, 1.165) is 0 Å². The van der Waals surface area contributed by atoms with E-state index in [1.165, 1.54) is 26.4 Å². The zero-order chi connectivity index (χ0) is 10.7. The Morgan fingerprint density at radius 1 is 1.43 bits per heavy atom. The molecule has 0 amide bonds. The number of phenolic OH excluding ortho intramolecular Hbond substituents is 1. The third-order valence-corrected chi connectivity index (χ3v) is 2.46. The first kappa shape index (κ1) is 10.8. The number of phenols is 1. The number of benzene rings is 1. The van der Waals surface area contributed by atoms with Crippen molar-refractivity contribution in [3.8, 4) is 11.5 Å². The van der Waals surface area contributed by atoms with E-state index in [0.29, 0.717) is 10.2 Å². The summed E-state index contributed by atoms with van der Waals surface area (Å²) < 4.78 is 9.87. The molecule has 0 spiro atoms. The van der Waals surface area contributed by atoms with Crippen LogP contribution in [-0.2, 0) is 4.74 Å². The summed E-state index contributed by atoms with van der Waals surface area (Å²) in [5.41, 5.74) is 0.241.